The van der Waals surface area contributed by atoms with Crippen LogP contribution in [0.2, 0.25) is 0 Å². The molecule has 8 aromatic rings. The molecule has 1 aliphatic carbocycles. The molecule has 2 aliphatic heterocycles. The highest BCUT2D eigenvalue weighted by atomic mass is 32.2. The van der Waals surface area contributed by atoms with Gasteiger partial charge in [-0.25, -0.2) is 28.1 Å². The van der Waals surface area contributed by atoms with E-state index in [-0.39, 0.29) is 42.3 Å². The van der Waals surface area contributed by atoms with Gasteiger partial charge < -0.3 is 25.5 Å². The number of nitrogens with zero attached hydrogens (tertiary/aromatic N) is 7. The van der Waals surface area contributed by atoms with Crippen LogP contribution >= 0.6 is 22.7 Å². The summed E-state index contributed by atoms with van der Waals surface area (Å²) in [4.78, 5) is 88.7. The van der Waals surface area contributed by atoms with Crippen molar-refractivity contribution in [3.8, 4) is 21.6 Å². The topological polar surface area (TPSA) is 251 Å². The summed E-state index contributed by atoms with van der Waals surface area (Å²) < 4.78 is 33.6. The molecule has 1 saturated carbocycles. The number of likely N-dealkylation sites (tertiary alicyclic amines) is 1. The number of sulfonamides is 1. The average molecular weight is 1240 g/mol. The maximum absolute atomic E-state index is 14.7. The van der Waals surface area contributed by atoms with Gasteiger partial charge in [-0.15, -0.1) is 11.3 Å². The number of amides is 5. The van der Waals surface area contributed by atoms with Gasteiger partial charge >= 0.3 is 0 Å². The summed E-state index contributed by atoms with van der Waals surface area (Å²) in [6.07, 6.45) is 7.30. The number of pyridine rings is 1. The van der Waals surface area contributed by atoms with Gasteiger partial charge in [0.1, 0.15) is 23.6 Å². The number of para-hydroxylation sites is 1. The first-order chi connectivity index (χ1) is 42.2. The highest BCUT2D eigenvalue weighted by Gasteiger charge is 2.45. The van der Waals surface area contributed by atoms with Crippen LogP contribution < -0.4 is 25.6 Å². The molecule has 4 aromatic heterocycles. The third-order valence-electron chi connectivity index (χ3n) is 17.2. The van der Waals surface area contributed by atoms with Gasteiger partial charge in [-0.3, -0.25) is 34.0 Å². The molecule has 0 bridgehead atoms. The van der Waals surface area contributed by atoms with E-state index in [1.54, 1.807) is 47.3 Å². The smallest absolute Gasteiger partial charge is 0.284 e. The van der Waals surface area contributed by atoms with E-state index in [1.165, 1.54) is 47.6 Å². The van der Waals surface area contributed by atoms with Crippen molar-refractivity contribution in [1.29, 1.82) is 0 Å². The number of carbonyl (C=O) groups is 5. The summed E-state index contributed by atoms with van der Waals surface area (Å²) >= 11 is 2.95. The summed E-state index contributed by atoms with van der Waals surface area (Å²) in [6.45, 7) is 12.7. The minimum Gasteiger partial charge on any atom is -0.391 e. The van der Waals surface area contributed by atoms with Crippen molar-refractivity contribution in [1.82, 2.24) is 45.0 Å². The molecule has 4 aromatic carbocycles. The van der Waals surface area contributed by atoms with Crippen LogP contribution in [0.1, 0.15) is 133 Å². The van der Waals surface area contributed by atoms with E-state index in [4.69, 9.17) is 10.1 Å². The van der Waals surface area contributed by atoms with Gasteiger partial charge in [0, 0.05) is 61.4 Å². The van der Waals surface area contributed by atoms with Gasteiger partial charge in [-0.05, 0) is 128 Å². The first-order valence-electron chi connectivity index (χ1n) is 30.0. The molecule has 22 heteroatoms. The molecular weight excluding hydrogens is 1170 g/mol. The molecule has 3 aliphatic rings. The lowest BCUT2D eigenvalue weighted by molar-refractivity contribution is -0.144. The van der Waals surface area contributed by atoms with Gasteiger partial charge in [-0.1, -0.05) is 112 Å². The molecule has 11 rings (SSSR count). The van der Waals surface area contributed by atoms with E-state index >= 15 is 0 Å². The number of benzene rings is 4. The second kappa shape index (κ2) is 25.9. The lowest BCUT2D eigenvalue weighted by atomic mass is 9.85. The standard InChI is InChI=1S/C66H73N11O8S3/c1-39(44-22-24-46(25-23-44)59-40(2)67-38-86-59)69-62(81)54-33-47(78)36-76(54)64(83)60(66(4,5)6)72-57(79)30-21-42-19-26-48(27-20-42)88(84,85)74-63(82)58-49(51-34-68-77(41(51)3)35-43-13-8-7-9-14-43)28-29-56(71-58)75-32-31-45-15-12-16-50(52(45)37-75)61(80)73-65-70-53-17-10-11-18-55(53)87-65/h10-12,15-20,22-29,34,38-39,43,47,54,60,78H,7-9,13-14,21,30-33,35-37H2,1-6H3,(H,69,81)(H,72,79)(H,74,82)(H,70,73,80)/t39-,47+,54-,60+/m0/s1. The molecule has 0 radical (unpaired) electrons. The van der Waals surface area contributed by atoms with Crippen molar-refractivity contribution in [2.75, 3.05) is 23.3 Å². The van der Waals surface area contributed by atoms with Crippen molar-refractivity contribution in [2.45, 2.75) is 142 Å². The summed E-state index contributed by atoms with van der Waals surface area (Å²) in [6, 6.07) is 28.3. The predicted molar refractivity (Wildman–Crippen MR) is 341 cm³/mol. The number of fused-ring (bicyclic) bond motifs is 2. The van der Waals surface area contributed by atoms with E-state index in [1.807, 2.05) is 118 Å². The quantitative estimate of drug-likeness (QED) is 0.0537. The number of β-amino-alcohol motifs (C(OH)–C–C–N with tert-alkyl or cyclic N) is 1. The monoisotopic (exact) mass is 1240 g/mol. The van der Waals surface area contributed by atoms with Crippen LogP contribution in [-0.2, 0) is 50.3 Å². The van der Waals surface area contributed by atoms with E-state index in [2.05, 4.69) is 30.6 Å². The zero-order valence-electron chi connectivity index (χ0n) is 50.2. The number of aliphatic hydroxyl groups is 1. The van der Waals surface area contributed by atoms with Crippen LogP contribution in [0.15, 0.2) is 120 Å². The number of nitrogens with one attached hydrogen (secondary N) is 4. The molecule has 2 fully saturated rings. The van der Waals surface area contributed by atoms with Crippen LogP contribution in [-0.4, -0.2) is 104 Å². The Kier molecular flexibility index (Phi) is 18.1. The van der Waals surface area contributed by atoms with Crippen LogP contribution in [0.5, 0.6) is 0 Å². The zero-order valence-corrected chi connectivity index (χ0v) is 52.7. The number of hydrogen-bond acceptors (Lipinski definition) is 15. The lowest BCUT2D eigenvalue weighted by Crippen LogP contribution is -2.57. The number of aliphatic hydroxyl groups excluding tert-OH is 1. The van der Waals surface area contributed by atoms with Crippen molar-refractivity contribution < 1.29 is 37.5 Å². The third-order valence-corrected chi connectivity index (χ3v) is 20.4. The van der Waals surface area contributed by atoms with E-state index < -0.39 is 63.3 Å². The van der Waals surface area contributed by atoms with Crippen LogP contribution in [0, 0.1) is 25.2 Å². The Bertz CT molecular complexity index is 4000. The number of hydrogen-bond donors (Lipinski definition) is 5. The predicted octanol–water partition coefficient (Wildman–Crippen LogP) is 10.1. The van der Waals surface area contributed by atoms with E-state index in [0.29, 0.717) is 58.6 Å². The molecule has 19 nitrogen and oxygen atoms in total. The maximum atomic E-state index is 14.7. The fourth-order valence-electron chi connectivity index (χ4n) is 12.2. The van der Waals surface area contributed by atoms with Gasteiger partial charge in [0.2, 0.25) is 17.7 Å². The first kappa shape index (κ1) is 61.5. The normalized spacial score (nSPS) is 17.1. The van der Waals surface area contributed by atoms with Gasteiger partial charge in [0.15, 0.2) is 5.13 Å². The Labute approximate surface area is 520 Å². The number of carbonyl (C=O) groups excluding carboxylic acids is 5. The lowest BCUT2D eigenvalue weighted by Gasteiger charge is -2.35. The van der Waals surface area contributed by atoms with Gasteiger partial charge in [0.25, 0.3) is 21.8 Å². The summed E-state index contributed by atoms with van der Waals surface area (Å²) in [7, 11) is -4.49. The summed E-state index contributed by atoms with van der Waals surface area (Å²) in [5, 5.41) is 25.0. The van der Waals surface area contributed by atoms with Crippen LogP contribution in [0.25, 0.3) is 31.8 Å². The molecular formula is C66H73N11O8S3. The largest absolute Gasteiger partial charge is 0.391 e. The Morgan fingerprint density at radius 1 is 0.841 bits per heavy atom. The Hall–Kier alpha value is -8.18. The second-order valence-corrected chi connectivity index (χ2v) is 28.0. The molecule has 458 valence electrons. The first-order valence-corrected chi connectivity index (χ1v) is 33.2. The van der Waals surface area contributed by atoms with Crippen molar-refractivity contribution in [2.24, 2.45) is 11.3 Å². The van der Waals surface area contributed by atoms with Crippen molar-refractivity contribution in [3.05, 3.63) is 160 Å². The number of aromatic nitrogens is 5. The highest BCUT2D eigenvalue weighted by Crippen LogP contribution is 2.35. The summed E-state index contributed by atoms with van der Waals surface area (Å²) in [5.41, 5.74) is 9.34. The molecule has 0 unspecified atom stereocenters. The van der Waals surface area contributed by atoms with E-state index in [9.17, 15) is 37.5 Å². The Morgan fingerprint density at radius 3 is 2.33 bits per heavy atom. The minimum atomic E-state index is -4.49. The van der Waals surface area contributed by atoms with Crippen LogP contribution in [0.4, 0.5) is 10.9 Å². The van der Waals surface area contributed by atoms with Crippen molar-refractivity contribution in [3.63, 3.8) is 0 Å². The molecule has 5 amide bonds. The minimum absolute atomic E-state index is 0.0402. The number of anilines is 2. The zero-order chi connectivity index (χ0) is 62.0. The molecule has 1 saturated heterocycles. The van der Waals surface area contributed by atoms with Crippen LogP contribution in [0.3, 0.4) is 0 Å². The molecule has 0 spiro atoms. The second-order valence-electron chi connectivity index (χ2n) is 24.4. The molecule has 88 heavy (non-hydrogen) atoms. The van der Waals surface area contributed by atoms with Gasteiger partial charge in [-0.2, -0.15) is 5.10 Å². The Morgan fingerprint density at radius 2 is 1.60 bits per heavy atom. The summed E-state index contributed by atoms with van der Waals surface area (Å²) in [5.74, 6) is -1.69. The molecule has 6 heterocycles. The van der Waals surface area contributed by atoms with Crippen molar-refractivity contribution >= 4 is 83.4 Å². The third kappa shape index (κ3) is 13.6. The highest BCUT2D eigenvalue weighted by molar-refractivity contribution is 7.90. The molecule has 4 atom stereocenters. The Balaban J connectivity index is 0.759. The fraction of sp³-hybridized carbons (Fsp3) is 0.379. The molecule has 5 N–H and O–H groups in total. The fourth-order valence-corrected chi connectivity index (χ4v) is 14.8. The average Bonchev–Trinajstić information content (AvgIpc) is 2.31. The number of aryl methyl sites for hydroxylation is 2. The number of rotatable bonds is 18. The van der Waals surface area contributed by atoms with E-state index in [0.717, 1.165) is 68.1 Å². The SMILES string of the molecule is Cc1ncsc1-c1ccc([C@H](C)NC(=O)[C@@H]2C[C@@H](O)CN2C(=O)[C@@H](NC(=O)CCc2ccc(S(=O)(=O)NC(=O)c3nc(N4CCc5cccc(C(=O)Nc6nc7ccccc7s6)c5C4)ccc3-c3cnn(CC4CCCCC4)c3C)cc2)C(C)(C)C)cc1. The number of thiazole rings is 2. The maximum Gasteiger partial charge on any atom is 0.284 e. The van der Waals surface area contributed by atoms with Gasteiger partial charge in [0.05, 0.1) is 49.5 Å².